The summed E-state index contributed by atoms with van der Waals surface area (Å²) in [5.41, 5.74) is 5.62. The van der Waals surface area contributed by atoms with Crippen LogP contribution < -0.4 is 19.9 Å². The van der Waals surface area contributed by atoms with E-state index in [1.165, 1.54) is 10.6 Å². The van der Waals surface area contributed by atoms with Gasteiger partial charge in [0.1, 0.15) is 11.6 Å². The third-order valence-electron chi connectivity index (χ3n) is 7.47. The molecule has 1 saturated heterocycles. The second-order valence-corrected chi connectivity index (χ2v) is 10.7. The quantitative estimate of drug-likeness (QED) is 0.339. The number of nitrogens with one attached hydrogen (secondary N) is 1. The normalized spacial score (nSPS) is 15.8. The number of likely N-dealkylation sites (N-methyl/N-ethyl adjacent to an activating group) is 1. The average Bonchev–Trinajstić information content (AvgIpc) is 2.99. The summed E-state index contributed by atoms with van der Waals surface area (Å²) in [6.45, 7) is 14.2. The van der Waals surface area contributed by atoms with Crippen LogP contribution in [0.2, 0.25) is 0 Å². The smallest absolute Gasteiger partial charge is 0.336 e. The van der Waals surface area contributed by atoms with Crippen LogP contribution in [0.15, 0.2) is 84.4 Å². The summed E-state index contributed by atoms with van der Waals surface area (Å²) < 4.78 is 5.30. The minimum absolute atomic E-state index is 0.255. The molecule has 5 rings (SSSR count). The number of pyridine rings is 1. The van der Waals surface area contributed by atoms with Gasteiger partial charge in [-0.3, -0.25) is 4.90 Å². The lowest BCUT2D eigenvalue weighted by atomic mass is 10.1. The third kappa shape index (κ3) is 5.99. The average molecular weight is 567 g/mol. The lowest BCUT2D eigenvalue weighted by Crippen LogP contribution is -2.45. The Morgan fingerprint density at radius 1 is 1.00 bits per heavy atom. The number of aromatic nitrogens is 3. The predicted molar refractivity (Wildman–Crippen MR) is 168 cm³/mol. The highest BCUT2D eigenvalue weighted by Crippen LogP contribution is 2.37. The van der Waals surface area contributed by atoms with Gasteiger partial charge in [0, 0.05) is 55.0 Å². The van der Waals surface area contributed by atoms with Crippen molar-refractivity contribution in [2.75, 3.05) is 55.5 Å². The number of urea groups is 1. The van der Waals surface area contributed by atoms with E-state index in [0.717, 1.165) is 54.3 Å². The molecule has 0 saturated carbocycles. The highest BCUT2D eigenvalue weighted by atomic mass is 16.5. The highest BCUT2D eigenvalue weighted by molar-refractivity contribution is 6.01. The van der Waals surface area contributed by atoms with E-state index in [9.17, 15) is 4.79 Å². The standard InChI is InChI=1S/C32H38N8O2/c1-7-8-23(4)29(22(2)3)39-21-24-19-34-31(35-25-9-11-26(12-10-25)38-17-15-37(5)16-18-38)36-30(24)40(32(39)41)28-14-13-27(42-6)20-33-28/h7-14,19-20H,1,15-18,21H2,2-6H3,(H,34,35,36)/b23-8-. The van der Waals surface area contributed by atoms with Crippen molar-refractivity contribution in [3.63, 3.8) is 0 Å². The Morgan fingerprint density at radius 3 is 2.36 bits per heavy atom. The van der Waals surface area contributed by atoms with E-state index in [-0.39, 0.29) is 6.03 Å². The second-order valence-electron chi connectivity index (χ2n) is 10.7. The molecule has 10 nitrogen and oxygen atoms in total. The molecule has 4 heterocycles. The van der Waals surface area contributed by atoms with Gasteiger partial charge >= 0.3 is 6.03 Å². The topological polar surface area (TPSA) is 90.0 Å². The van der Waals surface area contributed by atoms with Crippen LogP contribution >= 0.6 is 0 Å². The second kappa shape index (κ2) is 12.4. The Balaban J connectivity index is 1.48. The predicted octanol–water partition coefficient (Wildman–Crippen LogP) is 5.88. The van der Waals surface area contributed by atoms with Gasteiger partial charge in [-0.05, 0) is 69.8 Å². The van der Waals surface area contributed by atoms with Crippen molar-refractivity contribution in [3.05, 3.63) is 89.9 Å². The van der Waals surface area contributed by atoms with Gasteiger partial charge in [-0.15, -0.1) is 0 Å². The van der Waals surface area contributed by atoms with Crippen LogP contribution in [0.1, 0.15) is 26.3 Å². The first kappa shape index (κ1) is 28.8. The number of piperazine rings is 1. The van der Waals surface area contributed by atoms with Crippen LogP contribution in [0.5, 0.6) is 5.75 Å². The fraction of sp³-hybridized carbons (Fsp3) is 0.312. The zero-order valence-electron chi connectivity index (χ0n) is 25.0. The number of allylic oxidation sites excluding steroid dienone is 4. The molecular weight excluding hydrogens is 528 g/mol. The van der Waals surface area contributed by atoms with Gasteiger partial charge in [0.2, 0.25) is 5.95 Å². The Hall–Kier alpha value is -4.70. The van der Waals surface area contributed by atoms with Crippen LogP contribution in [-0.2, 0) is 6.54 Å². The fourth-order valence-electron chi connectivity index (χ4n) is 5.30. The molecule has 0 atom stereocenters. The number of hydrogen-bond acceptors (Lipinski definition) is 8. The molecule has 2 aliphatic heterocycles. The number of fused-ring (bicyclic) bond motifs is 1. The first-order valence-electron chi connectivity index (χ1n) is 14.0. The molecule has 2 aromatic heterocycles. The minimum Gasteiger partial charge on any atom is -0.495 e. The van der Waals surface area contributed by atoms with Crippen molar-refractivity contribution in [2.45, 2.75) is 27.3 Å². The maximum Gasteiger partial charge on any atom is 0.336 e. The molecule has 1 fully saturated rings. The first-order valence-corrected chi connectivity index (χ1v) is 14.0. The van der Waals surface area contributed by atoms with Gasteiger partial charge in [0.25, 0.3) is 0 Å². The number of hydrogen-bond donors (Lipinski definition) is 1. The van der Waals surface area contributed by atoms with E-state index in [2.05, 4.69) is 50.8 Å². The number of carbonyl (C=O) groups is 1. The summed E-state index contributed by atoms with van der Waals surface area (Å²) in [4.78, 5) is 36.2. The van der Waals surface area contributed by atoms with Crippen molar-refractivity contribution in [1.82, 2.24) is 24.8 Å². The van der Waals surface area contributed by atoms with E-state index >= 15 is 0 Å². The maximum atomic E-state index is 14.2. The van der Waals surface area contributed by atoms with Crippen LogP contribution in [0.4, 0.5) is 33.8 Å². The zero-order valence-corrected chi connectivity index (χ0v) is 25.0. The molecule has 218 valence electrons. The van der Waals surface area contributed by atoms with E-state index in [1.54, 1.807) is 42.6 Å². The number of ether oxygens (including phenoxy) is 1. The van der Waals surface area contributed by atoms with E-state index in [0.29, 0.717) is 29.9 Å². The Kier molecular flexibility index (Phi) is 8.53. The van der Waals surface area contributed by atoms with Gasteiger partial charge in [-0.25, -0.2) is 19.7 Å². The number of amides is 2. The molecule has 0 spiro atoms. The van der Waals surface area contributed by atoms with Crippen molar-refractivity contribution in [2.24, 2.45) is 0 Å². The van der Waals surface area contributed by atoms with Crippen molar-refractivity contribution >= 4 is 35.0 Å². The molecule has 0 aliphatic carbocycles. The molecule has 2 amide bonds. The molecule has 0 radical (unpaired) electrons. The Bertz CT molecular complexity index is 1500. The fourth-order valence-corrected chi connectivity index (χ4v) is 5.30. The molecule has 10 heteroatoms. The molecule has 3 aromatic rings. The van der Waals surface area contributed by atoms with Gasteiger partial charge in [0.05, 0.1) is 19.9 Å². The summed E-state index contributed by atoms with van der Waals surface area (Å²) in [5, 5.41) is 3.31. The summed E-state index contributed by atoms with van der Waals surface area (Å²) in [7, 11) is 3.74. The Morgan fingerprint density at radius 2 is 1.74 bits per heavy atom. The van der Waals surface area contributed by atoms with Gasteiger partial charge in [-0.1, -0.05) is 24.3 Å². The number of nitrogens with zero attached hydrogens (tertiary/aromatic N) is 7. The molecule has 2 aliphatic rings. The highest BCUT2D eigenvalue weighted by Gasteiger charge is 2.36. The van der Waals surface area contributed by atoms with Crippen molar-refractivity contribution in [3.8, 4) is 5.75 Å². The van der Waals surface area contributed by atoms with E-state index < -0.39 is 0 Å². The van der Waals surface area contributed by atoms with E-state index in [1.807, 2.05) is 39.0 Å². The number of methoxy groups -OCH3 is 1. The molecule has 0 bridgehead atoms. The molecule has 1 N–H and O–H groups in total. The van der Waals surface area contributed by atoms with Crippen molar-refractivity contribution in [1.29, 1.82) is 0 Å². The maximum absolute atomic E-state index is 14.2. The lowest BCUT2D eigenvalue weighted by Gasteiger charge is -2.37. The number of benzene rings is 1. The van der Waals surface area contributed by atoms with Gasteiger partial charge < -0.3 is 19.9 Å². The summed E-state index contributed by atoms with van der Waals surface area (Å²) in [6, 6.07) is 11.6. The van der Waals surface area contributed by atoms with Crippen LogP contribution in [0, 0.1) is 0 Å². The number of anilines is 5. The zero-order chi connectivity index (χ0) is 29.8. The molecule has 1 aromatic carbocycles. The van der Waals surface area contributed by atoms with Crippen LogP contribution in [-0.4, -0.2) is 71.1 Å². The Labute approximate surface area is 247 Å². The van der Waals surface area contributed by atoms with Crippen molar-refractivity contribution < 1.29 is 9.53 Å². The van der Waals surface area contributed by atoms with Crippen LogP contribution in [0.3, 0.4) is 0 Å². The minimum atomic E-state index is -0.255. The third-order valence-corrected chi connectivity index (χ3v) is 7.47. The largest absolute Gasteiger partial charge is 0.495 e. The van der Waals surface area contributed by atoms with Gasteiger partial charge in [-0.2, -0.15) is 4.98 Å². The first-order chi connectivity index (χ1) is 20.3. The summed E-state index contributed by atoms with van der Waals surface area (Å²) in [6.07, 6.45) is 6.99. The molecule has 42 heavy (non-hydrogen) atoms. The van der Waals surface area contributed by atoms with Gasteiger partial charge in [0.15, 0.2) is 5.82 Å². The van der Waals surface area contributed by atoms with E-state index in [4.69, 9.17) is 9.72 Å². The number of carbonyl (C=O) groups excluding carboxylic acids is 1. The molecule has 0 unspecified atom stereocenters. The van der Waals surface area contributed by atoms with Crippen LogP contribution in [0.25, 0.3) is 0 Å². The number of rotatable bonds is 8. The SMILES string of the molecule is C=C/C=C(/C)C(=C(C)C)N1Cc2cnc(Nc3ccc(N4CCN(C)CC4)cc3)nc2N(c2ccc(OC)cn2)C1=O. The summed E-state index contributed by atoms with van der Waals surface area (Å²) in [5.74, 6) is 1.91. The lowest BCUT2D eigenvalue weighted by molar-refractivity contribution is 0.215. The molecular formula is C32H38N8O2. The monoisotopic (exact) mass is 566 g/mol. The summed E-state index contributed by atoms with van der Waals surface area (Å²) >= 11 is 0.